The van der Waals surface area contributed by atoms with Gasteiger partial charge >= 0.3 is 0 Å². The number of likely N-dealkylation sites (tertiary alicyclic amines) is 1. The Bertz CT molecular complexity index is 857. The number of carbonyl (C=O) groups excluding carboxylic acids is 2. The van der Waals surface area contributed by atoms with Gasteiger partial charge in [-0.05, 0) is 49.6 Å². The second-order valence-corrected chi connectivity index (χ2v) is 7.80. The van der Waals surface area contributed by atoms with Crippen LogP contribution in [-0.2, 0) is 17.6 Å². The molecular weight excluding hydrogens is 350 g/mol. The lowest BCUT2D eigenvalue weighted by Gasteiger charge is -2.37. The maximum atomic E-state index is 13.0. The molecule has 2 aromatic carbocycles. The molecule has 2 amide bonds. The SMILES string of the molecule is CN(CCc1ccccc1)C1CCN(C(=O)c2cccc3c2CC(=O)N3)CC1. The summed E-state index contributed by atoms with van der Waals surface area (Å²) in [5.41, 5.74) is 3.67. The Morgan fingerprint density at radius 1 is 1.11 bits per heavy atom. The van der Waals surface area contributed by atoms with Crippen molar-refractivity contribution >= 4 is 17.5 Å². The largest absolute Gasteiger partial charge is 0.339 e. The zero-order chi connectivity index (χ0) is 19.5. The third-order valence-corrected chi connectivity index (χ3v) is 5.99. The van der Waals surface area contributed by atoms with Crippen LogP contribution in [0.3, 0.4) is 0 Å². The number of rotatable bonds is 5. The number of benzene rings is 2. The third-order valence-electron chi connectivity index (χ3n) is 5.99. The highest BCUT2D eigenvalue weighted by Crippen LogP contribution is 2.28. The summed E-state index contributed by atoms with van der Waals surface area (Å²) in [4.78, 5) is 29.1. The molecule has 0 atom stereocenters. The number of nitrogens with zero attached hydrogens (tertiary/aromatic N) is 2. The molecule has 5 heteroatoms. The number of fused-ring (bicyclic) bond motifs is 1. The van der Waals surface area contributed by atoms with Crippen LogP contribution >= 0.6 is 0 Å². The summed E-state index contributed by atoms with van der Waals surface area (Å²) in [5, 5.41) is 2.83. The molecule has 2 aromatic rings. The molecule has 0 aliphatic carbocycles. The summed E-state index contributed by atoms with van der Waals surface area (Å²) in [6, 6.07) is 16.6. The van der Waals surface area contributed by atoms with E-state index in [1.165, 1.54) is 5.56 Å². The van der Waals surface area contributed by atoms with E-state index in [4.69, 9.17) is 0 Å². The predicted octanol–water partition coefficient (Wildman–Crippen LogP) is 2.96. The van der Waals surface area contributed by atoms with Crippen molar-refractivity contribution in [1.29, 1.82) is 0 Å². The van der Waals surface area contributed by atoms with Crippen LogP contribution < -0.4 is 5.32 Å². The summed E-state index contributed by atoms with van der Waals surface area (Å²) < 4.78 is 0. The molecule has 0 unspecified atom stereocenters. The average molecular weight is 377 g/mol. The lowest BCUT2D eigenvalue weighted by Crippen LogP contribution is -2.46. The Morgan fingerprint density at radius 3 is 2.61 bits per heavy atom. The fraction of sp³-hybridized carbons (Fsp3) is 0.391. The molecule has 0 aromatic heterocycles. The van der Waals surface area contributed by atoms with E-state index in [1.54, 1.807) is 0 Å². The third kappa shape index (κ3) is 3.94. The van der Waals surface area contributed by atoms with Gasteiger partial charge < -0.3 is 15.1 Å². The van der Waals surface area contributed by atoms with Crippen molar-refractivity contribution in [3.63, 3.8) is 0 Å². The summed E-state index contributed by atoms with van der Waals surface area (Å²) in [5.74, 6) is 0.0211. The molecule has 146 valence electrons. The van der Waals surface area contributed by atoms with Gasteiger partial charge in [-0.3, -0.25) is 9.59 Å². The minimum atomic E-state index is -0.0333. The van der Waals surface area contributed by atoms with Crippen LogP contribution in [0, 0.1) is 0 Å². The van der Waals surface area contributed by atoms with Gasteiger partial charge in [0.15, 0.2) is 0 Å². The predicted molar refractivity (Wildman–Crippen MR) is 110 cm³/mol. The minimum Gasteiger partial charge on any atom is -0.339 e. The van der Waals surface area contributed by atoms with Crippen molar-refractivity contribution in [2.45, 2.75) is 31.7 Å². The van der Waals surface area contributed by atoms with Crippen molar-refractivity contribution in [2.24, 2.45) is 0 Å². The highest BCUT2D eigenvalue weighted by Gasteiger charge is 2.29. The first-order valence-corrected chi connectivity index (χ1v) is 10.1. The molecule has 1 fully saturated rings. The lowest BCUT2D eigenvalue weighted by atomic mass is 9.99. The monoisotopic (exact) mass is 377 g/mol. The van der Waals surface area contributed by atoms with Crippen LogP contribution in [0.4, 0.5) is 5.69 Å². The van der Waals surface area contributed by atoms with Crippen LogP contribution in [0.25, 0.3) is 0 Å². The number of nitrogens with one attached hydrogen (secondary N) is 1. The Labute approximate surface area is 166 Å². The highest BCUT2D eigenvalue weighted by atomic mass is 16.2. The van der Waals surface area contributed by atoms with E-state index in [1.807, 2.05) is 29.2 Å². The summed E-state index contributed by atoms with van der Waals surface area (Å²) in [7, 11) is 2.19. The Hall–Kier alpha value is -2.66. The first-order chi connectivity index (χ1) is 13.6. The maximum Gasteiger partial charge on any atom is 0.254 e. The summed E-state index contributed by atoms with van der Waals surface area (Å²) in [6.07, 6.45) is 3.33. The van der Waals surface area contributed by atoms with Gasteiger partial charge in [0.05, 0.1) is 6.42 Å². The number of carbonyl (C=O) groups is 2. The lowest BCUT2D eigenvalue weighted by molar-refractivity contribution is -0.115. The molecule has 2 aliphatic rings. The fourth-order valence-corrected chi connectivity index (χ4v) is 4.26. The van der Waals surface area contributed by atoms with Crippen LogP contribution in [0.15, 0.2) is 48.5 Å². The average Bonchev–Trinajstić information content (AvgIpc) is 3.12. The second kappa shape index (κ2) is 8.15. The van der Waals surface area contributed by atoms with E-state index in [0.717, 1.165) is 50.1 Å². The van der Waals surface area contributed by atoms with Gasteiger partial charge in [-0.15, -0.1) is 0 Å². The Morgan fingerprint density at radius 2 is 1.86 bits per heavy atom. The maximum absolute atomic E-state index is 13.0. The van der Waals surface area contributed by atoms with Crippen molar-refractivity contribution in [3.8, 4) is 0 Å². The van der Waals surface area contributed by atoms with Crippen molar-refractivity contribution in [2.75, 3.05) is 32.0 Å². The molecule has 2 heterocycles. The van der Waals surface area contributed by atoms with Gasteiger partial charge in [-0.2, -0.15) is 0 Å². The Kier molecular flexibility index (Phi) is 5.44. The standard InChI is InChI=1S/C23H27N3O2/c1-25(13-10-17-6-3-2-4-7-17)18-11-14-26(15-12-18)23(28)19-8-5-9-21-20(19)16-22(27)24-21/h2-9,18H,10-16H2,1H3,(H,24,27). The molecule has 5 nitrogen and oxygen atoms in total. The molecule has 1 N–H and O–H groups in total. The second-order valence-electron chi connectivity index (χ2n) is 7.80. The number of likely N-dealkylation sites (N-methyl/N-ethyl adjacent to an activating group) is 1. The van der Waals surface area contributed by atoms with Gasteiger partial charge in [0, 0.05) is 36.9 Å². The van der Waals surface area contributed by atoms with E-state index in [-0.39, 0.29) is 11.8 Å². The van der Waals surface area contributed by atoms with E-state index in [2.05, 4.69) is 41.5 Å². The van der Waals surface area contributed by atoms with Crippen LogP contribution in [0.2, 0.25) is 0 Å². The van der Waals surface area contributed by atoms with Crippen LogP contribution in [-0.4, -0.2) is 54.3 Å². The molecule has 0 saturated carbocycles. The smallest absolute Gasteiger partial charge is 0.254 e. The first kappa shape index (κ1) is 18.7. The molecule has 0 bridgehead atoms. The van der Waals surface area contributed by atoms with Gasteiger partial charge in [0.1, 0.15) is 0 Å². The van der Waals surface area contributed by atoms with Crippen molar-refractivity contribution in [1.82, 2.24) is 9.80 Å². The van der Waals surface area contributed by atoms with Gasteiger partial charge in [0.25, 0.3) is 5.91 Å². The van der Waals surface area contributed by atoms with E-state index in [0.29, 0.717) is 18.0 Å². The summed E-state index contributed by atoms with van der Waals surface area (Å²) in [6.45, 7) is 2.57. The fourth-order valence-electron chi connectivity index (χ4n) is 4.26. The zero-order valence-corrected chi connectivity index (χ0v) is 16.4. The van der Waals surface area contributed by atoms with Gasteiger partial charge in [0.2, 0.25) is 5.91 Å². The topological polar surface area (TPSA) is 52.7 Å². The highest BCUT2D eigenvalue weighted by molar-refractivity contribution is 6.05. The molecular formula is C23H27N3O2. The molecule has 0 radical (unpaired) electrons. The van der Waals surface area contributed by atoms with Crippen LogP contribution in [0.5, 0.6) is 0 Å². The van der Waals surface area contributed by atoms with Gasteiger partial charge in [-0.1, -0.05) is 36.4 Å². The van der Waals surface area contributed by atoms with Crippen molar-refractivity contribution < 1.29 is 9.59 Å². The molecule has 0 spiro atoms. The van der Waals surface area contributed by atoms with Crippen molar-refractivity contribution in [3.05, 3.63) is 65.2 Å². The number of hydrogen-bond acceptors (Lipinski definition) is 3. The number of anilines is 1. The van der Waals surface area contributed by atoms with Crippen LogP contribution in [0.1, 0.15) is 34.3 Å². The quantitative estimate of drug-likeness (QED) is 0.872. The first-order valence-electron chi connectivity index (χ1n) is 10.1. The van der Waals surface area contributed by atoms with E-state index < -0.39 is 0 Å². The summed E-state index contributed by atoms with van der Waals surface area (Å²) >= 11 is 0. The molecule has 4 rings (SSSR count). The molecule has 28 heavy (non-hydrogen) atoms. The minimum absolute atomic E-state index is 0.0333. The van der Waals surface area contributed by atoms with E-state index >= 15 is 0 Å². The number of hydrogen-bond donors (Lipinski definition) is 1. The zero-order valence-electron chi connectivity index (χ0n) is 16.4. The van der Waals surface area contributed by atoms with Gasteiger partial charge in [-0.25, -0.2) is 0 Å². The number of piperidine rings is 1. The molecule has 1 saturated heterocycles. The van der Waals surface area contributed by atoms with E-state index in [9.17, 15) is 9.59 Å². The number of amides is 2. The molecule has 2 aliphatic heterocycles. The Balaban J connectivity index is 1.32. The normalized spacial score (nSPS) is 16.9.